The highest BCUT2D eigenvalue weighted by Gasteiger charge is 2.09. The molecule has 0 aliphatic heterocycles. The molecule has 1 atom stereocenters. The molecule has 0 bridgehead atoms. The maximum atomic E-state index is 9.66. The Morgan fingerprint density at radius 1 is 1.67 bits per heavy atom. The van der Waals surface area contributed by atoms with E-state index in [2.05, 4.69) is 11.9 Å². The van der Waals surface area contributed by atoms with Crippen LogP contribution in [-0.4, -0.2) is 14.7 Å². The predicted octanol–water partition coefficient (Wildman–Crippen LogP) is 1.64. The van der Waals surface area contributed by atoms with Crippen molar-refractivity contribution in [2.24, 2.45) is 7.05 Å². The molecule has 0 saturated heterocycles. The van der Waals surface area contributed by atoms with E-state index in [9.17, 15) is 5.11 Å². The molecule has 0 aromatic carbocycles. The quantitative estimate of drug-likeness (QED) is 0.742. The molecule has 68 valence electrons. The highest BCUT2D eigenvalue weighted by molar-refractivity contribution is 5.01. The van der Waals surface area contributed by atoms with Crippen LogP contribution in [-0.2, 0) is 7.05 Å². The molecule has 0 aliphatic rings. The lowest BCUT2D eigenvalue weighted by atomic mass is 10.1. The Morgan fingerprint density at radius 3 is 2.92 bits per heavy atom. The second-order valence-corrected chi connectivity index (χ2v) is 3.09. The number of unbranched alkanes of at least 4 members (excludes halogenated alkanes) is 1. The molecule has 1 aromatic heterocycles. The predicted molar refractivity (Wildman–Crippen MR) is 47.7 cm³/mol. The smallest absolute Gasteiger partial charge is 0.0955 e. The van der Waals surface area contributed by atoms with Crippen LogP contribution in [0.5, 0.6) is 0 Å². The standard InChI is InChI=1S/C9H16N2O/c1-3-4-5-9(12)8-6-10-7-11(8)2/h6-7,9,12H,3-5H2,1-2H3. The maximum absolute atomic E-state index is 9.66. The molecular formula is C9H16N2O. The molecule has 12 heavy (non-hydrogen) atoms. The molecule has 3 nitrogen and oxygen atoms in total. The summed E-state index contributed by atoms with van der Waals surface area (Å²) in [5, 5.41) is 9.66. The Morgan fingerprint density at radius 2 is 2.42 bits per heavy atom. The molecule has 1 aromatic rings. The summed E-state index contributed by atoms with van der Waals surface area (Å²) in [7, 11) is 1.90. The van der Waals surface area contributed by atoms with Crippen molar-refractivity contribution in [2.45, 2.75) is 32.3 Å². The number of aromatic nitrogens is 2. The molecule has 0 fully saturated rings. The Bertz CT molecular complexity index is 232. The first kappa shape index (κ1) is 9.26. The molecule has 3 heteroatoms. The van der Waals surface area contributed by atoms with Gasteiger partial charge in [-0.3, -0.25) is 0 Å². The Kier molecular flexibility index (Phi) is 3.29. The molecule has 1 rings (SSSR count). The van der Waals surface area contributed by atoms with Crippen molar-refractivity contribution in [1.29, 1.82) is 0 Å². The number of aryl methyl sites for hydroxylation is 1. The molecule has 0 aliphatic carbocycles. The lowest BCUT2D eigenvalue weighted by molar-refractivity contribution is 0.156. The second-order valence-electron chi connectivity index (χ2n) is 3.09. The van der Waals surface area contributed by atoms with E-state index < -0.39 is 0 Å². The Balaban J connectivity index is 2.52. The monoisotopic (exact) mass is 168 g/mol. The van der Waals surface area contributed by atoms with Crippen molar-refractivity contribution >= 4 is 0 Å². The minimum absolute atomic E-state index is 0.350. The largest absolute Gasteiger partial charge is 0.387 e. The third kappa shape index (κ3) is 2.08. The average molecular weight is 168 g/mol. The molecule has 0 amide bonds. The number of hydrogen-bond acceptors (Lipinski definition) is 2. The number of hydrogen-bond donors (Lipinski definition) is 1. The Hall–Kier alpha value is -0.830. The summed E-state index contributed by atoms with van der Waals surface area (Å²) >= 11 is 0. The van der Waals surface area contributed by atoms with Crippen LogP contribution in [0.3, 0.4) is 0 Å². The Labute approximate surface area is 73.1 Å². The highest BCUT2D eigenvalue weighted by atomic mass is 16.3. The van der Waals surface area contributed by atoms with Gasteiger partial charge in [0.25, 0.3) is 0 Å². The van der Waals surface area contributed by atoms with E-state index in [1.807, 2.05) is 11.6 Å². The summed E-state index contributed by atoms with van der Waals surface area (Å²) in [6.45, 7) is 2.12. The van der Waals surface area contributed by atoms with Crippen LogP contribution in [0, 0.1) is 0 Å². The maximum Gasteiger partial charge on any atom is 0.0955 e. The van der Waals surface area contributed by atoms with Gasteiger partial charge in [0.05, 0.1) is 24.3 Å². The number of imidazole rings is 1. The third-order valence-corrected chi connectivity index (χ3v) is 2.03. The van der Waals surface area contributed by atoms with Gasteiger partial charge in [0.15, 0.2) is 0 Å². The van der Waals surface area contributed by atoms with E-state index >= 15 is 0 Å². The summed E-state index contributed by atoms with van der Waals surface area (Å²) in [5.41, 5.74) is 0.906. The van der Waals surface area contributed by atoms with Crippen molar-refractivity contribution in [1.82, 2.24) is 9.55 Å². The molecule has 0 spiro atoms. The van der Waals surface area contributed by atoms with Gasteiger partial charge >= 0.3 is 0 Å². The molecule has 1 N–H and O–H groups in total. The SMILES string of the molecule is CCCCC(O)c1cncn1C. The van der Waals surface area contributed by atoms with Crippen molar-refractivity contribution in [3.8, 4) is 0 Å². The van der Waals surface area contributed by atoms with Gasteiger partial charge in [0, 0.05) is 7.05 Å². The fraction of sp³-hybridized carbons (Fsp3) is 0.667. The van der Waals surface area contributed by atoms with Crippen molar-refractivity contribution in [3.05, 3.63) is 18.2 Å². The van der Waals surface area contributed by atoms with Gasteiger partial charge < -0.3 is 9.67 Å². The van der Waals surface area contributed by atoms with Crippen LogP contribution < -0.4 is 0 Å². The van der Waals surface area contributed by atoms with Gasteiger partial charge in [-0.05, 0) is 6.42 Å². The zero-order valence-electron chi connectivity index (χ0n) is 7.70. The lowest BCUT2D eigenvalue weighted by Gasteiger charge is -2.09. The van der Waals surface area contributed by atoms with Crippen LogP contribution in [0.2, 0.25) is 0 Å². The van der Waals surface area contributed by atoms with Crippen LogP contribution in [0.1, 0.15) is 38.0 Å². The van der Waals surface area contributed by atoms with Crippen LogP contribution in [0.4, 0.5) is 0 Å². The minimum atomic E-state index is -0.350. The number of rotatable bonds is 4. The van der Waals surface area contributed by atoms with Crippen molar-refractivity contribution in [2.75, 3.05) is 0 Å². The van der Waals surface area contributed by atoms with E-state index in [0.717, 1.165) is 25.0 Å². The van der Waals surface area contributed by atoms with Gasteiger partial charge in [-0.1, -0.05) is 19.8 Å². The van der Waals surface area contributed by atoms with Gasteiger partial charge in [0.2, 0.25) is 0 Å². The number of aliphatic hydroxyl groups is 1. The first-order chi connectivity index (χ1) is 5.75. The summed E-state index contributed by atoms with van der Waals surface area (Å²) in [5.74, 6) is 0. The first-order valence-corrected chi connectivity index (χ1v) is 4.40. The first-order valence-electron chi connectivity index (χ1n) is 4.40. The fourth-order valence-corrected chi connectivity index (χ4v) is 1.23. The summed E-state index contributed by atoms with van der Waals surface area (Å²) < 4.78 is 1.86. The normalized spacial score (nSPS) is 13.2. The molecule has 0 saturated carbocycles. The fourth-order valence-electron chi connectivity index (χ4n) is 1.23. The van der Waals surface area contributed by atoms with E-state index in [0.29, 0.717) is 0 Å². The average Bonchev–Trinajstić information content (AvgIpc) is 2.47. The van der Waals surface area contributed by atoms with Crippen molar-refractivity contribution < 1.29 is 5.11 Å². The molecule has 1 heterocycles. The van der Waals surface area contributed by atoms with E-state index in [-0.39, 0.29) is 6.10 Å². The van der Waals surface area contributed by atoms with Gasteiger partial charge in [-0.25, -0.2) is 4.98 Å². The van der Waals surface area contributed by atoms with Crippen LogP contribution >= 0.6 is 0 Å². The summed E-state index contributed by atoms with van der Waals surface area (Å²) in [6, 6.07) is 0. The van der Waals surface area contributed by atoms with Crippen LogP contribution in [0.15, 0.2) is 12.5 Å². The number of aliphatic hydroxyl groups excluding tert-OH is 1. The van der Waals surface area contributed by atoms with E-state index in [1.165, 1.54) is 0 Å². The van der Waals surface area contributed by atoms with Crippen molar-refractivity contribution in [3.63, 3.8) is 0 Å². The second kappa shape index (κ2) is 4.26. The molecular weight excluding hydrogens is 152 g/mol. The molecule has 1 unspecified atom stereocenters. The zero-order valence-corrected chi connectivity index (χ0v) is 7.70. The third-order valence-electron chi connectivity index (χ3n) is 2.03. The van der Waals surface area contributed by atoms with E-state index in [4.69, 9.17) is 0 Å². The molecule has 0 radical (unpaired) electrons. The highest BCUT2D eigenvalue weighted by Crippen LogP contribution is 2.17. The minimum Gasteiger partial charge on any atom is -0.387 e. The summed E-state index contributed by atoms with van der Waals surface area (Å²) in [4.78, 5) is 3.95. The summed E-state index contributed by atoms with van der Waals surface area (Å²) in [6.07, 6.45) is 6.10. The topological polar surface area (TPSA) is 38.1 Å². The van der Waals surface area contributed by atoms with Crippen LogP contribution in [0.25, 0.3) is 0 Å². The number of nitrogens with zero attached hydrogens (tertiary/aromatic N) is 2. The van der Waals surface area contributed by atoms with Gasteiger partial charge in [-0.2, -0.15) is 0 Å². The van der Waals surface area contributed by atoms with Gasteiger partial charge in [0.1, 0.15) is 0 Å². The van der Waals surface area contributed by atoms with E-state index in [1.54, 1.807) is 12.5 Å². The van der Waals surface area contributed by atoms with Gasteiger partial charge in [-0.15, -0.1) is 0 Å². The lowest BCUT2D eigenvalue weighted by Crippen LogP contribution is -2.03. The zero-order chi connectivity index (χ0) is 8.97.